The number of aliphatic imine (C=N–C) groups is 1. The summed E-state index contributed by atoms with van der Waals surface area (Å²) in [6, 6.07) is 9.53. The first kappa shape index (κ1) is 21.1. The van der Waals surface area contributed by atoms with Crippen LogP contribution in [0.15, 0.2) is 50.8 Å². The van der Waals surface area contributed by atoms with Gasteiger partial charge in [-0.05, 0) is 69.2 Å². The van der Waals surface area contributed by atoms with Crippen molar-refractivity contribution in [3.8, 4) is 11.5 Å². The highest BCUT2D eigenvalue weighted by Crippen LogP contribution is 2.38. The van der Waals surface area contributed by atoms with Crippen LogP contribution >= 0.6 is 27.7 Å². The van der Waals surface area contributed by atoms with E-state index in [1.165, 1.54) is 26.2 Å². The predicted molar refractivity (Wildman–Crippen MR) is 113 cm³/mol. The summed E-state index contributed by atoms with van der Waals surface area (Å²) in [6.07, 6.45) is 1.66. The number of amidine groups is 1. The van der Waals surface area contributed by atoms with Crippen LogP contribution < -0.4 is 14.8 Å². The molecule has 2 amide bonds. The fourth-order valence-electron chi connectivity index (χ4n) is 2.46. The second kappa shape index (κ2) is 9.23. The van der Waals surface area contributed by atoms with Gasteiger partial charge in [-0.15, -0.1) is 0 Å². The Bertz CT molecular complexity index is 1020. The van der Waals surface area contributed by atoms with Crippen molar-refractivity contribution in [1.82, 2.24) is 5.32 Å². The van der Waals surface area contributed by atoms with Crippen molar-refractivity contribution < 1.29 is 23.5 Å². The number of carbonyl (C=O) groups is 2. The van der Waals surface area contributed by atoms with Crippen molar-refractivity contribution in [2.75, 3.05) is 7.11 Å². The molecule has 29 heavy (non-hydrogen) atoms. The van der Waals surface area contributed by atoms with Crippen molar-refractivity contribution in [3.05, 3.63) is 62.7 Å². The van der Waals surface area contributed by atoms with Crippen LogP contribution in [0.3, 0.4) is 0 Å². The van der Waals surface area contributed by atoms with E-state index in [1.807, 2.05) is 0 Å². The van der Waals surface area contributed by atoms with Crippen LogP contribution in [0.2, 0.25) is 0 Å². The van der Waals surface area contributed by atoms with E-state index < -0.39 is 5.91 Å². The summed E-state index contributed by atoms with van der Waals surface area (Å²) in [4.78, 5) is 27.3. The molecule has 0 unspecified atom stereocenters. The van der Waals surface area contributed by atoms with Gasteiger partial charge >= 0.3 is 0 Å². The van der Waals surface area contributed by atoms with Crippen LogP contribution in [0.4, 0.5) is 4.39 Å². The Kier molecular flexibility index (Phi) is 6.71. The molecule has 0 saturated carbocycles. The van der Waals surface area contributed by atoms with Crippen LogP contribution in [-0.2, 0) is 16.2 Å². The van der Waals surface area contributed by atoms with Gasteiger partial charge in [-0.2, -0.15) is 4.99 Å². The molecule has 0 atom stereocenters. The highest BCUT2D eigenvalue weighted by atomic mass is 79.9. The topological polar surface area (TPSA) is 77.0 Å². The smallest absolute Gasteiger partial charge is 0.286 e. The average molecular weight is 479 g/mol. The Labute approximate surface area is 179 Å². The van der Waals surface area contributed by atoms with E-state index in [0.717, 1.165) is 17.3 Å². The number of amides is 2. The molecule has 2 aromatic rings. The zero-order chi connectivity index (χ0) is 21.0. The number of benzene rings is 2. The molecule has 0 aliphatic carbocycles. The molecule has 150 valence electrons. The largest absolute Gasteiger partial charge is 0.493 e. The number of halogens is 2. The van der Waals surface area contributed by atoms with Gasteiger partial charge in [-0.1, -0.05) is 12.1 Å². The van der Waals surface area contributed by atoms with Crippen molar-refractivity contribution in [2.45, 2.75) is 13.5 Å². The molecule has 1 aliphatic heterocycles. The maximum atomic E-state index is 13.0. The molecule has 1 aliphatic rings. The van der Waals surface area contributed by atoms with Crippen molar-refractivity contribution in [3.63, 3.8) is 0 Å². The van der Waals surface area contributed by atoms with E-state index >= 15 is 0 Å². The number of thioether (sulfide) groups is 1. The minimum atomic E-state index is -0.425. The molecule has 3 rings (SSSR count). The lowest BCUT2D eigenvalue weighted by Crippen LogP contribution is -2.23. The molecule has 1 N–H and O–H groups in total. The monoisotopic (exact) mass is 478 g/mol. The van der Waals surface area contributed by atoms with Gasteiger partial charge in [0.1, 0.15) is 12.4 Å². The van der Waals surface area contributed by atoms with Gasteiger partial charge in [-0.25, -0.2) is 4.39 Å². The Morgan fingerprint density at radius 2 is 2.03 bits per heavy atom. The van der Waals surface area contributed by atoms with Gasteiger partial charge in [0, 0.05) is 6.92 Å². The molecule has 6 nitrogen and oxygen atoms in total. The third kappa shape index (κ3) is 5.45. The number of rotatable bonds is 5. The van der Waals surface area contributed by atoms with Crippen LogP contribution in [0.5, 0.6) is 11.5 Å². The number of nitrogens with one attached hydrogen (secondary N) is 1. The van der Waals surface area contributed by atoms with Gasteiger partial charge in [0.15, 0.2) is 16.7 Å². The van der Waals surface area contributed by atoms with Crippen molar-refractivity contribution in [1.29, 1.82) is 0 Å². The minimum absolute atomic E-state index is 0.234. The van der Waals surface area contributed by atoms with Gasteiger partial charge in [0.25, 0.3) is 5.91 Å². The molecular formula is C20H16BrFN2O4S. The molecule has 2 aromatic carbocycles. The Morgan fingerprint density at radius 3 is 2.69 bits per heavy atom. The van der Waals surface area contributed by atoms with Gasteiger partial charge < -0.3 is 14.8 Å². The van der Waals surface area contributed by atoms with E-state index in [2.05, 4.69) is 26.2 Å². The summed E-state index contributed by atoms with van der Waals surface area (Å²) in [5.74, 6) is -0.0796. The average Bonchev–Trinajstić information content (AvgIpc) is 2.99. The van der Waals surface area contributed by atoms with E-state index in [1.54, 1.807) is 30.3 Å². The van der Waals surface area contributed by atoms with E-state index in [9.17, 15) is 14.0 Å². The Hall–Kier alpha value is -2.65. The highest BCUT2D eigenvalue weighted by molar-refractivity contribution is 9.10. The molecule has 0 spiro atoms. The summed E-state index contributed by atoms with van der Waals surface area (Å²) >= 11 is 4.55. The molecular weight excluding hydrogens is 463 g/mol. The van der Waals surface area contributed by atoms with Gasteiger partial charge in [-0.3, -0.25) is 9.59 Å². The van der Waals surface area contributed by atoms with Crippen molar-refractivity contribution in [2.24, 2.45) is 4.99 Å². The zero-order valence-corrected chi connectivity index (χ0v) is 17.9. The summed E-state index contributed by atoms with van der Waals surface area (Å²) in [5.41, 5.74) is 1.50. The van der Waals surface area contributed by atoms with Crippen LogP contribution in [0.1, 0.15) is 18.1 Å². The maximum Gasteiger partial charge on any atom is 0.286 e. The first-order valence-corrected chi connectivity index (χ1v) is 10.0. The summed E-state index contributed by atoms with van der Waals surface area (Å²) in [6.45, 7) is 1.58. The number of methoxy groups -OCH3 is 1. The first-order chi connectivity index (χ1) is 13.9. The van der Waals surface area contributed by atoms with Crippen LogP contribution in [0.25, 0.3) is 6.08 Å². The van der Waals surface area contributed by atoms with Crippen LogP contribution in [-0.4, -0.2) is 24.1 Å². The third-order valence-electron chi connectivity index (χ3n) is 3.75. The summed E-state index contributed by atoms with van der Waals surface area (Å²) in [7, 11) is 1.51. The normalized spacial score (nSPS) is 14.7. The predicted octanol–water partition coefficient (Wildman–Crippen LogP) is 4.28. The number of hydrogen-bond acceptors (Lipinski definition) is 5. The molecule has 0 fully saturated rings. The lowest BCUT2D eigenvalue weighted by atomic mass is 10.2. The Balaban J connectivity index is 1.79. The SMILES string of the molecule is COc1cc(/C=C2\SC(NC(C)=O)=NC2=O)cc(Br)c1OCc1ccc(F)cc1. The van der Waals surface area contributed by atoms with Crippen molar-refractivity contribution >= 4 is 50.7 Å². The minimum Gasteiger partial charge on any atom is -0.493 e. The maximum absolute atomic E-state index is 13.0. The fourth-order valence-corrected chi connectivity index (χ4v) is 3.90. The van der Waals surface area contributed by atoms with E-state index in [-0.39, 0.29) is 23.5 Å². The molecule has 0 saturated heterocycles. The number of ether oxygens (including phenoxy) is 2. The lowest BCUT2D eigenvalue weighted by Gasteiger charge is -2.14. The third-order valence-corrected chi connectivity index (χ3v) is 5.24. The van der Waals surface area contributed by atoms with E-state index in [4.69, 9.17) is 9.47 Å². The van der Waals surface area contributed by atoms with Gasteiger partial charge in [0.05, 0.1) is 16.5 Å². The number of nitrogens with zero attached hydrogens (tertiary/aromatic N) is 1. The second-order valence-corrected chi connectivity index (χ2v) is 7.85. The van der Waals surface area contributed by atoms with Crippen LogP contribution in [0, 0.1) is 5.82 Å². The van der Waals surface area contributed by atoms with Gasteiger partial charge in [0.2, 0.25) is 5.91 Å². The standard InChI is InChI=1S/C20H16BrFN2O4S/c1-11(25)23-20-24-19(26)17(29-20)9-13-7-15(21)18(16(8-13)27-2)28-10-12-3-5-14(22)6-4-12/h3-9H,10H2,1-2H3,(H,23,24,25,26)/b17-9-. The molecule has 0 bridgehead atoms. The summed E-state index contributed by atoms with van der Waals surface area (Å²) in [5, 5.41) is 2.75. The number of carbonyl (C=O) groups excluding carboxylic acids is 2. The summed E-state index contributed by atoms with van der Waals surface area (Å²) < 4.78 is 24.9. The highest BCUT2D eigenvalue weighted by Gasteiger charge is 2.23. The Morgan fingerprint density at radius 1 is 1.31 bits per heavy atom. The fraction of sp³-hybridized carbons (Fsp3) is 0.150. The van der Waals surface area contributed by atoms with E-state index in [0.29, 0.717) is 26.4 Å². The zero-order valence-electron chi connectivity index (χ0n) is 15.5. The lowest BCUT2D eigenvalue weighted by molar-refractivity contribution is -0.117. The first-order valence-electron chi connectivity index (χ1n) is 8.40. The molecule has 0 aromatic heterocycles. The quantitative estimate of drug-likeness (QED) is 0.648. The molecule has 0 radical (unpaired) electrons. The number of hydrogen-bond donors (Lipinski definition) is 1. The molecule has 1 heterocycles. The second-order valence-electron chi connectivity index (χ2n) is 5.96. The molecule has 9 heteroatoms.